The van der Waals surface area contributed by atoms with Gasteiger partial charge >= 0.3 is 0 Å². The van der Waals surface area contributed by atoms with Crippen LogP contribution in [0.2, 0.25) is 5.02 Å². The molecule has 0 radical (unpaired) electrons. The normalized spacial score (nSPS) is 10.4. The van der Waals surface area contributed by atoms with Gasteiger partial charge in [-0.05, 0) is 36.8 Å². The fraction of sp³-hybridized carbons (Fsp3) is 0.154. The van der Waals surface area contributed by atoms with Gasteiger partial charge in [0.05, 0.1) is 16.4 Å². The van der Waals surface area contributed by atoms with Crippen molar-refractivity contribution in [1.29, 1.82) is 0 Å². The molecule has 3 nitrogen and oxygen atoms in total. The zero-order chi connectivity index (χ0) is 13.1. The molecule has 0 aliphatic carbocycles. The standard InChI is InChI=1S/C13H13ClFN3/c1-8-12(16)4-5-13(18-8)17-7-9-2-3-11(15)10(14)6-9/h2-6H,7,16H2,1H3,(H,17,18). The number of nitrogens with two attached hydrogens (primary N) is 1. The largest absolute Gasteiger partial charge is 0.397 e. The third kappa shape index (κ3) is 2.90. The molecule has 0 saturated carbocycles. The highest BCUT2D eigenvalue weighted by molar-refractivity contribution is 6.30. The van der Waals surface area contributed by atoms with Crippen molar-refractivity contribution >= 4 is 23.1 Å². The van der Waals surface area contributed by atoms with E-state index in [0.29, 0.717) is 12.2 Å². The number of aromatic nitrogens is 1. The van der Waals surface area contributed by atoms with Crippen LogP contribution in [0.1, 0.15) is 11.3 Å². The number of nitrogens with zero attached hydrogens (tertiary/aromatic N) is 1. The minimum atomic E-state index is -0.415. The predicted molar refractivity (Wildman–Crippen MR) is 72.1 cm³/mol. The number of nitrogen functional groups attached to an aromatic ring is 1. The van der Waals surface area contributed by atoms with Crippen LogP contribution in [0.15, 0.2) is 30.3 Å². The van der Waals surface area contributed by atoms with E-state index in [1.54, 1.807) is 24.3 Å². The van der Waals surface area contributed by atoms with E-state index in [0.717, 1.165) is 17.1 Å². The Balaban J connectivity index is 2.06. The molecule has 0 fully saturated rings. The highest BCUT2D eigenvalue weighted by Gasteiger charge is 2.02. The molecule has 0 atom stereocenters. The second-order valence-electron chi connectivity index (χ2n) is 3.97. The summed E-state index contributed by atoms with van der Waals surface area (Å²) in [6.07, 6.45) is 0. The summed E-state index contributed by atoms with van der Waals surface area (Å²) >= 11 is 5.71. The van der Waals surface area contributed by atoms with Crippen molar-refractivity contribution in [2.75, 3.05) is 11.1 Å². The summed E-state index contributed by atoms with van der Waals surface area (Å²) in [7, 11) is 0. The van der Waals surface area contributed by atoms with Crippen LogP contribution in [0.5, 0.6) is 0 Å². The number of hydrogen-bond donors (Lipinski definition) is 2. The number of benzene rings is 1. The summed E-state index contributed by atoms with van der Waals surface area (Å²) in [5, 5.41) is 3.25. The Morgan fingerprint density at radius 2 is 2.11 bits per heavy atom. The lowest BCUT2D eigenvalue weighted by atomic mass is 10.2. The number of hydrogen-bond acceptors (Lipinski definition) is 3. The molecule has 2 rings (SSSR count). The summed E-state index contributed by atoms with van der Waals surface area (Å²) in [6.45, 7) is 2.37. The number of aryl methyl sites for hydroxylation is 1. The molecule has 0 unspecified atom stereocenters. The van der Waals surface area contributed by atoms with Crippen molar-refractivity contribution in [2.45, 2.75) is 13.5 Å². The maximum atomic E-state index is 13.0. The number of rotatable bonds is 3. The quantitative estimate of drug-likeness (QED) is 0.895. The third-order valence-corrected chi connectivity index (χ3v) is 2.87. The molecule has 5 heteroatoms. The van der Waals surface area contributed by atoms with Crippen LogP contribution in [0.4, 0.5) is 15.9 Å². The molecule has 0 spiro atoms. The molecule has 1 heterocycles. The van der Waals surface area contributed by atoms with E-state index in [1.807, 2.05) is 6.92 Å². The van der Waals surface area contributed by atoms with Crippen LogP contribution < -0.4 is 11.1 Å². The van der Waals surface area contributed by atoms with Crippen LogP contribution in [-0.4, -0.2) is 4.98 Å². The van der Waals surface area contributed by atoms with Crippen molar-refractivity contribution in [3.05, 3.63) is 52.4 Å². The Bertz CT molecular complexity index is 521. The summed E-state index contributed by atoms with van der Waals surface area (Å²) in [5.41, 5.74) is 8.00. The van der Waals surface area contributed by atoms with Crippen LogP contribution in [-0.2, 0) is 6.54 Å². The highest BCUT2D eigenvalue weighted by Crippen LogP contribution is 2.17. The van der Waals surface area contributed by atoms with Crippen LogP contribution >= 0.6 is 11.6 Å². The number of anilines is 2. The van der Waals surface area contributed by atoms with Crippen LogP contribution in [0.3, 0.4) is 0 Å². The van der Waals surface area contributed by atoms with Gasteiger partial charge in [0, 0.05) is 6.54 Å². The summed E-state index contributed by atoms with van der Waals surface area (Å²) in [4.78, 5) is 4.28. The number of nitrogens with one attached hydrogen (secondary N) is 1. The van der Waals surface area contributed by atoms with Gasteiger partial charge in [-0.2, -0.15) is 0 Å². The van der Waals surface area contributed by atoms with E-state index in [9.17, 15) is 4.39 Å². The van der Waals surface area contributed by atoms with Gasteiger partial charge in [0.15, 0.2) is 0 Å². The van der Waals surface area contributed by atoms with Gasteiger partial charge in [-0.15, -0.1) is 0 Å². The first kappa shape index (κ1) is 12.6. The first-order valence-corrected chi connectivity index (χ1v) is 5.85. The zero-order valence-corrected chi connectivity index (χ0v) is 10.6. The third-order valence-electron chi connectivity index (χ3n) is 2.58. The molecule has 2 aromatic rings. The predicted octanol–water partition coefficient (Wildman–Crippen LogP) is 3.38. The number of halogens is 2. The lowest BCUT2D eigenvalue weighted by molar-refractivity contribution is 0.627. The Morgan fingerprint density at radius 3 is 2.78 bits per heavy atom. The summed E-state index contributed by atoms with van der Waals surface area (Å²) < 4.78 is 13.0. The zero-order valence-electron chi connectivity index (χ0n) is 9.87. The van der Waals surface area contributed by atoms with E-state index in [4.69, 9.17) is 17.3 Å². The first-order chi connectivity index (χ1) is 8.56. The minimum Gasteiger partial charge on any atom is -0.397 e. The van der Waals surface area contributed by atoms with E-state index < -0.39 is 5.82 Å². The lowest BCUT2D eigenvalue weighted by Crippen LogP contribution is -2.03. The molecular formula is C13H13ClFN3. The maximum absolute atomic E-state index is 13.0. The van der Waals surface area contributed by atoms with E-state index in [2.05, 4.69) is 10.3 Å². The van der Waals surface area contributed by atoms with Crippen molar-refractivity contribution in [1.82, 2.24) is 4.98 Å². The van der Waals surface area contributed by atoms with Gasteiger partial charge in [0.1, 0.15) is 11.6 Å². The Labute approximate surface area is 110 Å². The highest BCUT2D eigenvalue weighted by atomic mass is 35.5. The minimum absolute atomic E-state index is 0.121. The van der Waals surface area contributed by atoms with Crippen molar-refractivity contribution in [3.8, 4) is 0 Å². The lowest BCUT2D eigenvalue weighted by Gasteiger charge is -2.08. The molecule has 94 valence electrons. The Kier molecular flexibility index (Phi) is 3.67. The van der Waals surface area contributed by atoms with Crippen molar-refractivity contribution < 1.29 is 4.39 Å². The molecular weight excluding hydrogens is 253 g/mol. The maximum Gasteiger partial charge on any atom is 0.141 e. The van der Waals surface area contributed by atoms with E-state index >= 15 is 0 Å². The van der Waals surface area contributed by atoms with Crippen molar-refractivity contribution in [3.63, 3.8) is 0 Å². The molecule has 0 aliphatic rings. The molecule has 0 amide bonds. The molecule has 1 aromatic heterocycles. The first-order valence-electron chi connectivity index (χ1n) is 5.47. The molecule has 0 bridgehead atoms. The molecule has 1 aromatic carbocycles. The molecule has 0 saturated heterocycles. The van der Waals surface area contributed by atoms with Gasteiger partial charge < -0.3 is 11.1 Å². The monoisotopic (exact) mass is 265 g/mol. The topological polar surface area (TPSA) is 50.9 Å². The van der Waals surface area contributed by atoms with Gasteiger partial charge in [-0.1, -0.05) is 17.7 Å². The average Bonchev–Trinajstić information content (AvgIpc) is 2.35. The van der Waals surface area contributed by atoms with E-state index in [-0.39, 0.29) is 5.02 Å². The van der Waals surface area contributed by atoms with Crippen molar-refractivity contribution in [2.24, 2.45) is 0 Å². The summed E-state index contributed by atoms with van der Waals surface area (Å²) in [5.74, 6) is 0.309. The van der Waals surface area contributed by atoms with Crippen LogP contribution in [0, 0.1) is 12.7 Å². The molecule has 3 N–H and O–H groups in total. The van der Waals surface area contributed by atoms with E-state index in [1.165, 1.54) is 6.07 Å². The number of pyridine rings is 1. The summed E-state index contributed by atoms with van der Waals surface area (Å²) in [6, 6.07) is 8.21. The SMILES string of the molecule is Cc1nc(NCc2ccc(F)c(Cl)c2)ccc1N. The van der Waals surface area contributed by atoms with Gasteiger partial charge in [0.2, 0.25) is 0 Å². The van der Waals surface area contributed by atoms with Gasteiger partial charge in [0.25, 0.3) is 0 Å². The molecule has 0 aliphatic heterocycles. The average molecular weight is 266 g/mol. The second-order valence-corrected chi connectivity index (χ2v) is 4.38. The molecule has 18 heavy (non-hydrogen) atoms. The van der Waals surface area contributed by atoms with Gasteiger partial charge in [-0.3, -0.25) is 0 Å². The van der Waals surface area contributed by atoms with Crippen LogP contribution in [0.25, 0.3) is 0 Å². The second kappa shape index (κ2) is 5.23. The fourth-order valence-corrected chi connectivity index (χ4v) is 1.72. The van der Waals surface area contributed by atoms with Gasteiger partial charge in [-0.25, -0.2) is 9.37 Å². The Hall–Kier alpha value is -1.81. The smallest absolute Gasteiger partial charge is 0.141 e. The Morgan fingerprint density at radius 1 is 1.33 bits per heavy atom. The fourth-order valence-electron chi connectivity index (χ4n) is 1.51.